The number of nitrogens with zero attached hydrogens (tertiary/aromatic N) is 4. The van der Waals surface area contributed by atoms with Crippen LogP contribution in [0.2, 0.25) is 0 Å². The maximum Gasteiger partial charge on any atom is 0.290 e. The molecule has 2 unspecified atom stereocenters. The van der Waals surface area contributed by atoms with Crippen molar-refractivity contribution in [2.24, 2.45) is 0 Å². The fourth-order valence-corrected chi connectivity index (χ4v) is 4.91. The highest BCUT2D eigenvalue weighted by Crippen LogP contribution is 2.27. The topological polar surface area (TPSA) is 80.8 Å². The van der Waals surface area contributed by atoms with E-state index >= 15 is 0 Å². The lowest BCUT2D eigenvalue weighted by atomic mass is 9.92. The molecule has 172 valence electrons. The Morgan fingerprint density at radius 1 is 0.912 bits per heavy atom. The standard InChI is InChI=1S/C27H26N4O3/c28-18-24(20-7-2-1-3-8-20)29-12-14-30(15-13-29)26(32)23-17-21-9-4-5-10-22(21)19-31(23)27(33)25-11-6-16-34-25/h1-11,16,23-24H,12-15,17,19H2. The first-order valence-electron chi connectivity index (χ1n) is 11.5. The predicted molar refractivity (Wildman–Crippen MR) is 125 cm³/mol. The van der Waals surface area contributed by atoms with Gasteiger partial charge in [0.2, 0.25) is 5.91 Å². The van der Waals surface area contributed by atoms with Crippen LogP contribution >= 0.6 is 0 Å². The number of hydrogen-bond donors (Lipinski definition) is 0. The molecule has 2 aliphatic heterocycles. The monoisotopic (exact) mass is 454 g/mol. The molecule has 7 heteroatoms. The van der Waals surface area contributed by atoms with Gasteiger partial charge in [0, 0.05) is 39.1 Å². The van der Waals surface area contributed by atoms with Gasteiger partial charge in [-0.25, -0.2) is 0 Å². The summed E-state index contributed by atoms with van der Waals surface area (Å²) in [5.74, 6) is -0.0888. The van der Waals surface area contributed by atoms with Crippen LogP contribution < -0.4 is 0 Å². The Bertz CT molecular complexity index is 1190. The number of benzene rings is 2. The van der Waals surface area contributed by atoms with Crippen LogP contribution in [0.1, 0.15) is 33.3 Å². The smallest absolute Gasteiger partial charge is 0.290 e. The summed E-state index contributed by atoms with van der Waals surface area (Å²) in [4.78, 5) is 32.5. The van der Waals surface area contributed by atoms with Gasteiger partial charge < -0.3 is 14.2 Å². The summed E-state index contributed by atoms with van der Waals surface area (Å²) >= 11 is 0. The molecule has 0 N–H and O–H groups in total. The second kappa shape index (κ2) is 9.54. The van der Waals surface area contributed by atoms with Crippen molar-refractivity contribution >= 4 is 11.8 Å². The van der Waals surface area contributed by atoms with Crippen molar-refractivity contribution in [2.75, 3.05) is 26.2 Å². The third-order valence-electron chi connectivity index (χ3n) is 6.76. The molecular weight excluding hydrogens is 428 g/mol. The summed E-state index contributed by atoms with van der Waals surface area (Å²) in [6.07, 6.45) is 1.95. The lowest BCUT2D eigenvalue weighted by Crippen LogP contribution is -2.57. The number of piperazine rings is 1. The number of carbonyl (C=O) groups excluding carboxylic acids is 2. The number of fused-ring (bicyclic) bond motifs is 1. The Kier molecular flexibility index (Phi) is 6.15. The molecule has 1 fully saturated rings. The van der Waals surface area contributed by atoms with Gasteiger partial charge in [0.1, 0.15) is 12.1 Å². The number of rotatable bonds is 4. The minimum Gasteiger partial charge on any atom is -0.459 e. The molecule has 34 heavy (non-hydrogen) atoms. The fourth-order valence-electron chi connectivity index (χ4n) is 4.91. The lowest BCUT2D eigenvalue weighted by molar-refractivity contribution is -0.138. The van der Waals surface area contributed by atoms with Crippen molar-refractivity contribution in [1.29, 1.82) is 5.26 Å². The normalized spacial score (nSPS) is 19.2. The molecule has 0 aliphatic carbocycles. The van der Waals surface area contributed by atoms with E-state index in [1.54, 1.807) is 17.0 Å². The SMILES string of the molecule is N#CC(c1ccccc1)N1CCN(C(=O)C2Cc3ccccc3CN2C(=O)c2ccco2)CC1. The predicted octanol–water partition coefficient (Wildman–Crippen LogP) is 3.26. The Hall–Kier alpha value is -3.89. The van der Waals surface area contributed by atoms with Crippen molar-refractivity contribution in [2.45, 2.75) is 25.0 Å². The average Bonchev–Trinajstić information content (AvgIpc) is 3.44. The van der Waals surface area contributed by atoms with Gasteiger partial charge in [-0.3, -0.25) is 14.5 Å². The molecule has 0 bridgehead atoms. The molecular formula is C27H26N4O3. The maximum atomic E-state index is 13.7. The van der Waals surface area contributed by atoms with Crippen LogP contribution in [0.25, 0.3) is 0 Å². The summed E-state index contributed by atoms with van der Waals surface area (Å²) in [6, 6.07) is 22.5. The van der Waals surface area contributed by atoms with Gasteiger partial charge in [0.25, 0.3) is 5.91 Å². The van der Waals surface area contributed by atoms with Crippen molar-refractivity contribution in [3.05, 3.63) is 95.4 Å². The van der Waals surface area contributed by atoms with Gasteiger partial charge in [-0.05, 0) is 28.8 Å². The van der Waals surface area contributed by atoms with Crippen LogP contribution in [0.3, 0.4) is 0 Å². The highest BCUT2D eigenvalue weighted by Gasteiger charge is 2.39. The molecule has 0 spiro atoms. The van der Waals surface area contributed by atoms with E-state index in [1.165, 1.54) is 6.26 Å². The van der Waals surface area contributed by atoms with E-state index < -0.39 is 6.04 Å². The van der Waals surface area contributed by atoms with E-state index in [-0.39, 0.29) is 23.6 Å². The van der Waals surface area contributed by atoms with Crippen molar-refractivity contribution in [1.82, 2.24) is 14.7 Å². The summed E-state index contributed by atoms with van der Waals surface area (Å²) in [5, 5.41) is 9.76. The maximum absolute atomic E-state index is 13.7. The molecule has 1 aromatic heterocycles. The zero-order chi connectivity index (χ0) is 23.5. The van der Waals surface area contributed by atoms with E-state index in [1.807, 2.05) is 59.5 Å². The van der Waals surface area contributed by atoms with Crippen LogP contribution in [-0.4, -0.2) is 58.7 Å². The van der Waals surface area contributed by atoms with Gasteiger partial charge in [0.05, 0.1) is 12.3 Å². The molecule has 2 amide bonds. The van der Waals surface area contributed by atoms with Gasteiger partial charge >= 0.3 is 0 Å². The lowest BCUT2D eigenvalue weighted by Gasteiger charge is -2.42. The van der Waals surface area contributed by atoms with Gasteiger partial charge in [-0.15, -0.1) is 0 Å². The largest absolute Gasteiger partial charge is 0.459 e. The number of amides is 2. The molecule has 3 heterocycles. The quantitative estimate of drug-likeness (QED) is 0.605. The summed E-state index contributed by atoms with van der Waals surface area (Å²) in [7, 11) is 0. The van der Waals surface area contributed by atoms with Gasteiger partial charge in [0.15, 0.2) is 5.76 Å². The molecule has 5 rings (SSSR count). The molecule has 2 atom stereocenters. The Morgan fingerprint density at radius 2 is 1.62 bits per heavy atom. The second-order valence-electron chi connectivity index (χ2n) is 8.70. The number of nitriles is 1. The van der Waals surface area contributed by atoms with Crippen LogP contribution in [0.5, 0.6) is 0 Å². The number of carbonyl (C=O) groups is 2. The zero-order valence-corrected chi connectivity index (χ0v) is 18.8. The van der Waals surface area contributed by atoms with Crippen LogP contribution in [0.4, 0.5) is 0 Å². The second-order valence-corrected chi connectivity index (χ2v) is 8.70. The molecule has 2 aliphatic rings. The van der Waals surface area contributed by atoms with E-state index in [0.717, 1.165) is 16.7 Å². The first-order valence-corrected chi connectivity index (χ1v) is 11.5. The number of furan rings is 1. The molecule has 7 nitrogen and oxygen atoms in total. The molecule has 0 saturated carbocycles. The summed E-state index contributed by atoms with van der Waals surface area (Å²) < 4.78 is 5.35. The van der Waals surface area contributed by atoms with E-state index in [4.69, 9.17) is 4.42 Å². The zero-order valence-electron chi connectivity index (χ0n) is 18.8. The Morgan fingerprint density at radius 3 is 2.29 bits per heavy atom. The third kappa shape index (κ3) is 4.20. The van der Waals surface area contributed by atoms with E-state index in [9.17, 15) is 14.9 Å². The first kappa shape index (κ1) is 21.9. The van der Waals surface area contributed by atoms with Gasteiger partial charge in [-0.2, -0.15) is 5.26 Å². The Labute approximate surface area is 198 Å². The minimum absolute atomic E-state index is 0.0534. The molecule has 1 saturated heterocycles. The van der Waals surface area contributed by atoms with Crippen LogP contribution in [0.15, 0.2) is 77.4 Å². The molecule has 2 aromatic carbocycles. The van der Waals surface area contributed by atoms with E-state index in [0.29, 0.717) is 39.1 Å². The highest BCUT2D eigenvalue weighted by atomic mass is 16.3. The summed E-state index contributed by atoms with van der Waals surface area (Å²) in [5.41, 5.74) is 3.11. The van der Waals surface area contributed by atoms with Crippen molar-refractivity contribution in [3.8, 4) is 6.07 Å². The van der Waals surface area contributed by atoms with E-state index in [2.05, 4.69) is 11.0 Å². The average molecular weight is 455 g/mol. The van der Waals surface area contributed by atoms with Gasteiger partial charge in [-0.1, -0.05) is 54.6 Å². The summed E-state index contributed by atoms with van der Waals surface area (Å²) in [6.45, 7) is 2.62. The minimum atomic E-state index is -0.583. The van der Waals surface area contributed by atoms with Crippen LogP contribution in [-0.2, 0) is 17.8 Å². The molecule has 3 aromatic rings. The Balaban J connectivity index is 1.32. The fraction of sp³-hybridized carbons (Fsp3) is 0.296. The third-order valence-corrected chi connectivity index (χ3v) is 6.76. The van der Waals surface area contributed by atoms with Crippen molar-refractivity contribution in [3.63, 3.8) is 0 Å². The molecule has 0 radical (unpaired) electrons. The first-order chi connectivity index (χ1) is 16.7. The number of hydrogen-bond acceptors (Lipinski definition) is 5. The van der Waals surface area contributed by atoms with Crippen molar-refractivity contribution < 1.29 is 14.0 Å². The highest BCUT2D eigenvalue weighted by molar-refractivity contribution is 5.96. The van der Waals surface area contributed by atoms with Crippen LogP contribution in [0, 0.1) is 11.3 Å².